The molecule has 0 bridgehead atoms. The van der Waals surface area contributed by atoms with Crippen molar-refractivity contribution in [3.05, 3.63) is 58.0 Å². The van der Waals surface area contributed by atoms with Gasteiger partial charge in [-0.3, -0.25) is 0 Å². The van der Waals surface area contributed by atoms with Gasteiger partial charge in [0.2, 0.25) is 0 Å². The van der Waals surface area contributed by atoms with E-state index in [4.69, 9.17) is 0 Å². The van der Waals surface area contributed by atoms with E-state index in [9.17, 15) is 0 Å². The van der Waals surface area contributed by atoms with Crippen molar-refractivity contribution in [3.8, 4) is 0 Å². The molecular weight excluding hydrogens is 447 g/mol. The molecule has 0 atom stereocenters. The predicted octanol–water partition coefficient (Wildman–Crippen LogP) is 0.255. The van der Waals surface area contributed by atoms with Crippen LogP contribution in [-0.4, -0.2) is 16.1 Å². The smallest absolute Gasteiger partial charge is 1.00 e. The van der Waals surface area contributed by atoms with Crippen molar-refractivity contribution < 1.29 is 51.0 Å². The average Bonchev–Trinajstić information content (AvgIpc) is 2.77. The third-order valence-corrected chi connectivity index (χ3v) is 8.07. The van der Waals surface area contributed by atoms with Crippen molar-refractivity contribution in [3.63, 3.8) is 0 Å². The van der Waals surface area contributed by atoms with Crippen molar-refractivity contribution in [1.29, 1.82) is 0 Å². The van der Waals surface area contributed by atoms with E-state index in [0.29, 0.717) is 0 Å². The van der Waals surface area contributed by atoms with Crippen LogP contribution in [0, 0.1) is 6.08 Å². The van der Waals surface area contributed by atoms with Gasteiger partial charge in [-0.15, -0.1) is 16.0 Å². The minimum absolute atomic E-state index is 0. The van der Waals surface area contributed by atoms with Gasteiger partial charge in [-0.05, 0) is 6.42 Å². The van der Waals surface area contributed by atoms with Gasteiger partial charge in [-0.25, -0.2) is 0 Å². The minimum atomic E-state index is -1.33. The molecule has 5 heteroatoms. The zero-order chi connectivity index (χ0) is 16.3. The fourth-order valence-electron chi connectivity index (χ4n) is 2.76. The standard InChI is InChI=1S/C19H31Si2.2ClH.Zr/c1-16(2)18(20(3,4)5)14-11-15-19(21(6,7)8)17-12-9-10-13-17;;;/h9-10,12,14-15H,13H2,1-8H3;2*1H;/q-1;;;+3/p-2. The van der Waals surface area contributed by atoms with E-state index >= 15 is 0 Å². The van der Waals surface area contributed by atoms with Gasteiger partial charge in [-0.1, -0.05) is 76.9 Å². The summed E-state index contributed by atoms with van der Waals surface area (Å²) in [6.07, 6.45) is 15.8. The molecule has 133 valence electrons. The SMILES string of the molecule is CC(C)=C(C=[C-]C=C(C1=CC=CC1)[Si](C)(C)C)[Si](C)(C)C.[Cl-].[Cl-].[Zr+3]. The molecule has 0 nitrogen and oxygen atoms in total. The predicted molar refractivity (Wildman–Crippen MR) is 103 cm³/mol. The molecule has 0 fully saturated rings. The molecule has 1 radical (unpaired) electrons. The first-order valence-corrected chi connectivity index (χ1v) is 14.9. The summed E-state index contributed by atoms with van der Waals surface area (Å²) in [5.41, 5.74) is 2.92. The van der Waals surface area contributed by atoms with Crippen LogP contribution in [0.5, 0.6) is 0 Å². The zero-order valence-corrected chi connectivity index (χ0v) is 22.3. The van der Waals surface area contributed by atoms with Gasteiger partial charge in [-0.2, -0.15) is 18.2 Å². The van der Waals surface area contributed by atoms with Gasteiger partial charge in [0.1, 0.15) is 0 Å². The van der Waals surface area contributed by atoms with E-state index in [1.807, 2.05) is 0 Å². The van der Waals surface area contributed by atoms with E-state index in [0.717, 1.165) is 6.42 Å². The summed E-state index contributed by atoms with van der Waals surface area (Å²) in [6.45, 7) is 18.9. The van der Waals surface area contributed by atoms with Gasteiger partial charge in [0, 0.05) is 16.1 Å². The van der Waals surface area contributed by atoms with Crippen molar-refractivity contribution in [2.24, 2.45) is 0 Å². The van der Waals surface area contributed by atoms with Crippen molar-refractivity contribution in [1.82, 2.24) is 0 Å². The summed E-state index contributed by atoms with van der Waals surface area (Å²) in [5, 5.41) is 3.06. The Kier molecular flexibility index (Phi) is 14.8. The monoisotopic (exact) mass is 475 g/mol. The summed E-state index contributed by atoms with van der Waals surface area (Å²) < 4.78 is 0. The van der Waals surface area contributed by atoms with Crippen molar-refractivity contribution >= 4 is 16.1 Å². The molecule has 0 heterocycles. The van der Waals surface area contributed by atoms with Gasteiger partial charge < -0.3 is 24.8 Å². The number of rotatable bonds is 5. The molecule has 1 rings (SSSR count). The van der Waals surface area contributed by atoms with Crippen molar-refractivity contribution in [2.75, 3.05) is 0 Å². The Bertz CT molecular complexity index is 539. The zero-order valence-electron chi connectivity index (χ0n) is 16.3. The van der Waals surface area contributed by atoms with E-state index in [1.54, 1.807) is 0 Å². The molecule has 0 aromatic rings. The quantitative estimate of drug-likeness (QED) is 0.303. The maximum atomic E-state index is 3.51. The Morgan fingerprint density at radius 1 is 1.00 bits per heavy atom. The molecule has 0 amide bonds. The first kappa shape index (κ1) is 29.4. The average molecular weight is 478 g/mol. The van der Waals surface area contributed by atoms with Gasteiger partial charge >= 0.3 is 26.2 Å². The molecule has 0 saturated carbocycles. The van der Waals surface area contributed by atoms with E-state index in [1.165, 1.54) is 21.5 Å². The Balaban J connectivity index is -0.00000147. The summed E-state index contributed by atoms with van der Waals surface area (Å²) in [7, 11) is -2.61. The number of hydrogen-bond donors (Lipinski definition) is 0. The molecular formula is C19H31Cl2Si2Zr. The third kappa shape index (κ3) is 9.34. The van der Waals surface area contributed by atoms with Crippen LogP contribution >= 0.6 is 0 Å². The molecule has 0 saturated heterocycles. The molecule has 0 unspecified atom stereocenters. The molecule has 0 N–H and O–H groups in total. The van der Waals surface area contributed by atoms with E-state index in [-0.39, 0.29) is 51.0 Å². The number of halogens is 2. The van der Waals surface area contributed by atoms with Crippen LogP contribution in [0.15, 0.2) is 51.9 Å². The summed E-state index contributed by atoms with van der Waals surface area (Å²) in [5.74, 6) is 0. The minimum Gasteiger partial charge on any atom is -1.00 e. The van der Waals surface area contributed by atoms with Crippen LogP contribution in [0.3, 0.4) is 0 Å². The molecule has 0 spiro atoms. The molecule has 0 aromatic heterocycles. The Hall–Kier alpha value is 0.597. The maximum Gasteiger partial charge on any atom is 3.00 e. The summed E-state index contributed by atoms with van der Waals surface area (Å²) in [4.78, 5) is 0. The second-order valence-corrected chi connectivity index (χ2v) is 18.2. The van der Waals surface area contributed by atoms with Crippen LogP contribution in [0.1, 0.15) is 20.3 Å². The first-order chi connectivity index (χ1) is 9.53. The van der Waals surface area contributed by atoms with Crippen LogP contribution in [0.4, 0.5) is 0 Å². The Labute approximate surface area is 183 Å². The Morgan fingerprint density at radius 3 is 1.88 bits per heavy atom. The first-order valence-electron chi connectivity index (χ1n) is 7.87. The molecule has 0 aliphatic heterocycles. The van der Waals surface area contributed by atoms with Crippen LogP contribution < -0.4 is 24.8 Å². The second kappa shape index (κ2) is 12.1. The molecule has 24 heavy (non-hydrogen) atoms. The fourth-order valence-corrected chi connectivity index (χ4v) is 6.44. The Morgan fingerprint density at radius 2 is 1.54 bits per heavy atom. The van der Waals surface area contributed by atoms with Gasteiger partial charge in [0.05, 0.1) is 0 Å². The van der Waals surface area contributed by atoms with Crippen LogP contribution in [-0.2, 0) is 26.2 Å². The van der Waals surface area contributed by atoms with Crippen molar-refractivity contribution in [2.45, 2.75) is 59.6 Å². The van der Waals surface area contributed by atoms with Crippen LogP contribution in [0.25, 0.3) is 0 Å². The largest absolute Gasteiger partial charge is 3.00 e. The number of hydrogen-bond acceptors (Lipinski definition) is 0. The topological polar surface area (TPSA) is 0 Å². The van der Waals surface area contributed by atoms with Gasteiger partial charge in [0.15, 0.2) is 0 Å². The van der Waals surface area contributed by atoms with E-state index in [2.05, 4.69) is 89.6 Å². The normalized spacial score (nSPS) is 14.5. The molecule has 1 aliphatic carbocycles. The second-order valence-electron chi connectivity index (χ2n) is 8.11. The maximum absolute atomic E-state index is 3.51. The molecule has 0 aromatic carbocycles. The van der Waals surface area contributed by atoms with E-state index < -0.39 is 16.1 Å². The summed E-state index contributed by atoms with van der Waals surface area (Å²) in [6, 6.07) is 0. The molecule has 1 aliphatic rings. The third-order valence-electron chi connectivity index (χ3n) is 3.73. The van der Waals surface area contributed by atoms with Crippen LogP contribution in [0.2, 0.25) is 39.3 Å². The number of allylic oxidation sites excluding steroid dienone is 10. The fraction of sp³-hybridized carbons (Fsp3) is 0.474. The van der Waals surface area contributed by atoms with Gasteiger partial charge in [0.25, 0.3) is 0 Å². The summed E-state index contributed by atoms with van der Waals surface area (Å²) >= 11 is 0.